The second kappa shape index (κ2) is 20.2. The van der Waals surface area contributed by atoms with Crippen molar-refractivity contribution in [2.45, 2.75) is 95.8 Å². The minimum Gasteiger partial charge on any atom is -0.450 e. The zero-order valence-corrected chi connectivity index (χ0v) is 31.1. The lowest BCUT2D eigenvalue weighted by molar-refractivity contribution is -0.133. The first kappa shape index (κ1) is 41.4. The Bertz CT molecular complexity index is 1860. The summed E-state index contributed by atoms with van der Waals surface area (Å²) in [5, 5.41) is 35.2. The summed E-state index contributed by atoms with van der Waals surface area (Å²) in [6, 6.07) is 0. The number of alkyl carbamates (subject to hydrolysis) is 1. The van der Waals surface area contributed by atoms with Crippen LogP contribution in [0.5, 0.6) is 0 Å². The number of H-pyrrole nitrogens is 1. The number of imide groups is 1. The number of piperazine rings is 1. The third-order valence-electron chi connectivity index (χ3n) is 9.89. The molecule has 6 N–H and O–H groups in total. The molecular formula is C35H52N10O10. The second-order valence-corrected chi connectivity index (χ2v) is 13.7. The number of nitrogens with one attached hydrogen (secondary N) is 3. The van der Waals surface area contributed by atoms with Gasteiger partial charge in [0, 0.05) is 58.4 Å². The Labute approximate surface area is 316 Å². The molecule has 0 unspecified atom stereocenters. The number of amides is 3. The lowest BCUT2D eigenvalue weighted by Crippen LogP contribution is -2.49. The highest BCUT2D eigenvalue weighted by molar-refractivity contribution is 6.02. The predicted molar refractivity (Wildman–Crippen MR) is 197 cm³/mol. The van der Waals surface area contributed by atoms with Gasteiger partial charge in [-0.1, -0.05) is 38.5 Å². The van der Waals surface area contributed by atoms with Crippen LogP contribution in [0.4, 0.5) is 10.6 Å². The topological polar surface area (TPSA) is 259 Å². The van der Waals surface area contributed by atoms with Gasteiger partial charge in [-0.15, -0.1) is 0 Å². The first-order valence-electron chi connectivity index (χ1n) is 19.0. The standard InChI is InChI=1S/C35H52N10O10/c1-2-54-35(53)41-32(51)23-19-44(34(52)40-31(23)50)18-15-42-13-16-43(17-14-42)25(47)11-9-7-5-3-4-6-8-10-12-36-29-26-30(38-21-37-29)45(22-39-26)33-28(49)27(48)24(20-46)55-33/h19,21-22,24,27-28,33,46,48-49H,2-18,20H2,1H3,(H,36,37,38)(H,40,50,52)(H,41,51,53)/t24-,27+,28+,33-/m0/s1. The van der Waals surface area contributed by atoms with Crippen molar-refractivity contribution in [1.29, 1.82) is 0 Å². The maximum atomic E-state index is 12.8. The zero-order valence-electron chi connectivity index (χ0n) is 31.1. The van der Waals surface area contributed by atoms with Gasteiger partial charge in [-0.05, 0) is 19.8 Å². The minimum absolute atomic E-state index is 0.0550. The van der Waals surface area contributed by atoms with E-state index in [1.54, 1.807) is 6.92 Å². The lowest BCUT2D eigenvalue weighted by atomic mass is 10.1. The Morgan fingerprint density at radius 1 is 0.945 bits per heavy atom. The third-order valence-corrected chi connectivity index (χ3v) is 9.89. The van der Waals surface area contributed by atoms with Crippen LogP contribution in [0.2, 0.25) is 0 Å². The summed E-state index contributed by atoms with van der Waals surface area (Å²) in [5.41, 5.74) is -0.952. The molecule has 0 radical (unpaired) electrons. The van der Waals surface area contributed by atoms with Gasteiger partial charge in [-0.2, -0.15) is 0 Å². The van der Waals surface area contributed by atoms with Gasteiger partial charge in [0.25, 0.3) is 11.5 Å². The van der Waals surface area contributed by atoms with Crippen LogP contribution < -0.4 is 21.9 Å². The van der Waals surface area contributed by atoms with Crippen LogP contribution in [0.25, 0.3) is 11.2 Å². The normalized spacial score (nSPS) is 20.2. The maximum absolute atomic E-state index is 12.8. The van der Waals surface area contributed by atoms with Crippen molar-refractivity contribution in [2.75, 3.05) is 57.8 Å². The first-order chi connectivity index (χ1) is 26.6. The number of fused-ring (bicyclic) bond motifs is 1. The molecule has 20 heteroatoms. The van der Waals surface area contributed by atoms with Crippen LogP contribution in [0.3, 0.4) is 0 Å². The van der Waals surface area contributed by atoms with Gasteiger partial charge in [-0.25, -0.2) is 24.5 Å². The number of carbonyl (C=O) groups excluding carboxylic acids is 3. The van der Waals surface area contributed by atoms with Crippen LogP contribution in [0.15, 0.2) is 28.4 Å². The minimum atomic E-state index is -1.23. The van der Waals surface area contributed by atoms with Crippen molar-refractivity contribution in [3.8, 4) is 0 Å². The molecule has 2 aliphatic rings. The van der Waals surface area contributed by atoms with Gasteiger partial charge in [0.1, 0.15) is 30.2 Å². The number of aromatic nitrogens is 6. The number of nitrogens with zero attached hydrogens (tertiary/aromatic N) is 7. The molecule has 0 aromatic carbocycles. The summed E-state index contributed by atoms with van der Waals surface area (Å²) in [5.74, 6) is -0.241. The highest BCUT2D eigenvalue weighted by Gasteiger charge is 2.44. The summed E-state index contributed by atoms with van der Waals surface area (Å²) >= 11 is 0. The summed E-state index contributed by atoms with van der Waals surface area (Å²) in [7, 11) is 0. The average molecular weight is 773 g/mol. The van der Waals surface area contributed by atoms with E-state index in [0.29, 0.717) is 62.7 Å². The van der Waals surface area contributed by atoms with Gasteiger partial charge >= 0.3 is 11.8 Å². The van der Waals surface area contributed by atoms with E-state index >= 15 is 0 Å². The quantitative estimate of drug-likeness (QED) is 0.0873. The number of rotatable bonds is 19. The highest BCUT2D eigenvalue weighted by Crippen LogP contribution is 2.32. The van der Waals surface area contributed by atoms with Gasteiger partial charge < -0.3 is 35.0 Å². The van der Waals surface area contributed by atoms with E-state index in [1.165, 1.54) is 21.8 Å². The molecule has 3 amide bonds. The zero-order chi connectivity index (χ0) is 39.3. The van der Waals surface area contributed by atoms with Crippen LogP contribution in [0.1, 0.15) is 81.3 Å². The van der Waals surface area contributed by atoms with Crippen molar-refractivity contribution in [3.05, 3.63) is 45.3 Å². The van der Waals surface area contributed by atoms with E-state index in [1.807, 2.05) is 10.2 Å². The van der Waals surface area contributed by atoms with Crippen molar-refractivity contribution in [3.63, 3.8) is 0 Å². The van der Waals surface area contributed by atoms with Gasteiger partial charge in [0.2, 0.25) is 5.91 Å². The van der Waals surface area contributed by atoms with E-state index < -0.39 is 54.4 Å². The van der Waals surface area contributed by atoms with Gasteiger partial charge in [0.15, 0.2) is 23.2 Å². The fourth-order valence-corrected chi connectivity index (χ4v) is 6.74. The molecular weight excluding hydrogens is 720 g/mol. The number of anilines is 1. The molecule has 2 saturated heterocycles. The Balaban J connectivity index is 0.902. The molecule has 5 heterocycles. The largest absolute Gasteiger partial charge is 0.450 e. The number of hydrogen-bond donors (Lipinski definition) is 6. The number of hydrogen-bond acceptors (Lipinski definition) is 15. The number of imidazole rings is 1. The average Bonchev–Trinajstić information content (AvgIpc) is 3.73. The molecule has 4 atom stereocenters. The molecule has 3 aromatic heterocycles. The predicted octanol–water partition coefficient (Wildman–Crippen LogP) is -0.0587. The molecule has 5 rings (SSSR count). The van der Waals surface area contributed by atoms with Crippen LogP contribution in [-0.4, -0.2) is 143 Å². The van der Waals surface area contributed by atoms with Crippen LogP contribution >= 0.6 is 0 Å². The molecule has 20 nitrogen and oxygen atoms in total. The Morgan fingerprint density at radius 3 is 2.35 bits per heavy atom. The summed E-state index contributed by atoms with van der Waals surface area (Å²) in [6.07, 6.45) is 7.56. The molecule has 2 fully saturated rings. The van der Waals surface area contributed by atoms with E-state index in [0.717, 1.165) is 57.6 Å². The molecule has 0 spiro atoms. The summed E-state index contributed by atoms with van der Waals surface area (Å²) in [4.78, 5) is 80.2. The van der Waals surface area contributed by atoms with E-state index in [9.17, 15) is 39.3 Å². The first-order valence-corrected chi connectivity index (χ1v) is 19.0. The maximum Gasteiger partial charge on any atom is 0.414 e. The van der Waals surface area contributed by atoms with Crippen LogP contribution in [0, 0.1) is 0 Å². The molecule has 0 saturated carbocycles. The van der Waals surface area contributed by atoms with E-state index in [2.05, 4.69) is 34.9 Å². The third kappa shape index (κ3) is 10.9. The number of aromatic amines is 1. The Hall–Kier alpha value is -4.76. The molecule has 2 aliphatic heterocycles. The van der Waals surface area contributed by atoms with Crippen molar-refractivity contribution >= 4 is 34.9 Å². The monoisotopic (exact) mass is 772 g/mol. The van der Waals surface area contributed by atoms with Gasteiger partial charge in [0.05, 0.1) is 19.5 Å². The number of unbranched alkanes of at least 4 members (excludes halogenated alkanes) is 7. The molecule has 3 aromatic rings. The number of ether oxygens (including phenoxy) is 2. The van der Waals surface area contributed by atoms with Crippen molar-refractivity contribution < 1.29 is 39.2 Å². The molecule has 302 valence electrons. The molecule has 0 aliphatic carbocycles. The fourth-order valence-electron chi connectivity index (χ4n) is 6.74. The second-order valence-electron chi connectivity index (χ2n) is 13.7. The number of carbonyl (C=O) groups is 3. The highest BCUT2D eigenvalue weighted by atomic mass is 16.6. The van der Waals surface area contributed by atoms with Crippen molar-refractivity contribution in [1.82, 2.24) is 44.2 Å². The van der Waals surface area contributed by atoms with Gasteiger partial charge in [-0.3, -0.25) is 38.7 Å². The molecule has 55 heavy (non-hydrogen) atoms. The summed E-state index contributed by atoms with van der Waals surface area (Å²) in [6.45, 7) is 5.07. The summed E-state index contributed by atoms with van der Waals surface area (Å²) < 4.78 is 13.0. The Kier molecular flexibility index (Phi) is 15.2. The Morgan fingerprint density at radius 2 is 1.65 bits per heavy atom. The lowest BCUT2D eigenvalue weighted by Gasteiger charge is -2.34. The number of aliphatic hydroxyl groups excluding tert-OH is 3. The molecule has 0 bridgehead atoms. The smallest absolute Gasteiger partial charge is 0.414 e. The SMILES string of the molecule is CCOC(=O)NC(=O)c1cn(CCN2CCN(C(=O)CCCCCCCCCCNc3ncnc4c3ncn4[C@H]3O[C@@H](CO)[C@@H](O)[C@H]3O)CC2)c(=O)[nH]c1=O. The van der Waals surface area contributed by atoms with E-state index in [4.69, 9.17) is 4.74 Å². The number of aliphatic hydroxyl groups is 3. The van der Waals surface area contributed by atoms with E-state index in [-0.39, 0.29) is 24.6 Å². The van der Waals surface area contributed by atoms with Crippen LogP contribution in [-0.2, 0) is 20.8 Å². The fraction of sp³-hybridized carbons (Fsp3) is 0.657. The van der Waals surface area contributed by atoms with Crippen molar-refractivity contribution in [2.24, 2.45) is 0 Å².